The lowest BCUT2D eigenvalue weighted by atomic mass is 9.91. The molecule has 0 radical (unpaired) electrons. The fourth-order valence-corrected chi connectivity index (χ4v) is 6.76. The number of nitriles is 1. The van der Waals surface area contributed by atoms with Gasteiger partial charge in [-0.25, -0.2) is 0 Å². The second-order valence-electron chi connectivity index (χ2n) is 10.6. The lowest BCUT2D eigenvalue weighted by Crippen LogP contribution is -2.43. The number of piperidine rings is 1. The van der Waals surface area contributed by atoms with Crippen molar-refractivity contribution in [3.8, 4) is 11.8 Å². The van der Waals surface area contributed by atoms with Crippen LogP contribution in [-0.2, 0) is 17.9 Å². The van der Waals surface area contributed by atoms with Crippen molar-refractivity contribution in [2.24, 2.45) is 11.8 Å². The predicted octanol–water partition coefficient (Wildman–Crippen LogP) is 5.72. The molecule has 2 unspecified atom stereocenters. The van der Waals surface area contributed by atoms with Crippen LogP contribution in [0.25, 0.3) is 6.08 Å². The third-order valence-electron chi connectivity index (χ3n) is 7.40. The summed E-state index contributed by atoms with van der Waals surface area (Å²) >= 11 is 6.88. The summed E-state index contributed by atoms with van der Waals surface area (Å²) in [4.78, 5) is 31.5. The normalized spacial score (nSPS) is 20.6. The molecular weight excluding hydrogens is 528 g/mol. The van der Waals surface area contributed by atoms with E-state index >= 15 is 0 Å². The molecule has 0 N–H and O–H groups in total. The summed E-state index contributed by atoms with van der Waals surface area (Å²) in [5, 5.41) is 9.95. The van der Waals surface area contributed by atoms with E-state index < -0.39 is 0 Å². The first-order chi connectivity index (χ1) is 18.7. The molecular formula is C30H36N4O3S2. The molecule has 206 valence electrons. The minimum atomic E-state index is -0.256. The van der Waals surface area contributed by atoms with Crippen LogP contribution in [0.4, 0.5) is 5.82 Å². The van der Waals surface area contributed by atoms with Gasteiger partial charge in [0, 0.05) is 25.2 Å². The number of thioether (sulfide) groups is 1. The molecule has 0 bridgehead atoms. The van der Waals surface area contributed by atoms with E-state index in [-0.39, 0.29) is 17.0 Å². The molecule has 2 fully saturated rings. The van der Waals surface area contributed by atoms with Gasteiger partial charge in [-0.15, -0.1) is 0 Å². The Morgan fingerprint density at radius 2 is 1.85 bits per heavy atom. The number of methoxy groups -OCH3 is 1. The quantitative estimate of drug-likeness (QED) is 0.300. The summed E-state index contributed by atoms with van der Waals surface area (Å²) in [5.41, 5.74) is 2.19. The van der Waals surface area contributed by atoms with Gasteiger partial charge in [-0.2, -0.15) is 5.26 Å². The van der Waals surface area contributed by atoms with E-state index in [1.54, 1.807) is 16.6 Å². The van der Waals surface area contributed by atoms with Crippen LogP contribution < -0.4 is 15.2 Å². The van der Waals surface area contributed by atoms with Crippen LogP contribution in [0.3, 0.4) is 0 Å². The Labute approximate surface area is 240 Å². The molecule has 4 rings (SSSR count). The number of thiocarbonyl (C=S) groups is 1. The lowest BCUT2D eigenvalue weighted by molar-refractivity contribution is -0.122. The van der Waals surface area contributed by atoms with E-state index in [2.05, 4.69) is 31.7 Å². The predicted molar refractivity (Wildman–Crippen MR) is 162 cm³/mol. The van der Waals surface area contributed by atoms with Gasteiger partial charge in [0.15, 0.2) is 0 Å². The maximum absolute atomic E-state index is 13.6. The number of rotatable bonds is 8. The SMILES string of the molecule is CCCCn1c(N2CC(C)CC(C)C2)c(/C=C2/SC(=S)N(Cc3ccc(OC)cc3)C2=O)c(C)c(C#N)c1=O. The van der Waals surface area contributed by atoms with E-state index in [0.29, 0.717) is 39.7 Å². The number of carbonyl (C=O) groups excluding carboxylic acids is 1. The molecule has 1 aromatic heterocycles. The molecule has 0 spiro atoms. The zero-order chi connectivity index (χ0) is 28.3. The Morgan fingerprint density at radius 3 is 2.44 bits per heavy atom. The van der Waals surface area contributed by atoms with E-state index in [1.807, 2.05) is 37.3 Å². The molecule has 2 atom stereocenters. The Bertz CT molecular complexity index is 1380. The van der Waals surface area contributed by atoms with E-state index in [1.165, 1.54) is 11.8 Å². The van der Waals surface area contributed by atoms with Crippen LogP contribution >= 0.6 is 24.0 Å². The maximum atomic E-state index is 13.6. The van der Waals surface area contributed by atoms with E-state index in [9.17, 15) is 14.9 Å². The van der Waals surface area contributed by atoms with Crippen molar-refractivity contribution in [3.05, 3.63) is 61.8 Å². The topological polar surface area (TPSA) is 78.6 Å². The first-order valence-corrected chi connectivity index (χ1v) is 14.7. The van der Waals surface area contributed by atoms with Gasteiger partial charge in [-0.05, 0) is 60.9 Å². The minimum absolute atomic E-state index is 0.132. The highest BCUT2D eigenvalue weighted by Crippen LogP contribution is 2.38. The highest BCUT2D eigenvalue weighted by atomic mass is 32.2. The second-order valence-corrected chi connectivity index (χ2v) is 12.3. The van der Waals surface area contributed by atoms with Crippen molar-refractivity contribution in [2.45, 2.75) is 60.0 Å². The van der Waals surface area contributed by atoms with Crippen LogP contribution in [0.15, 0.2) is 34.0 Å². The first-order valence-electron chi connectivity index (χ1n) is 13.5. The number of anilines is 1. The van der Waals surface area contributed by atoms with Gasteiger partial charge in [0.25, 0.3) is 11.5 Å². The van der Waals surface area contributed by atoms with Gasteiger partial charge >= 0.3 is 0 Å². The molecule has 0 aliphatic carbocycles. The fourth-order valence-electron chi connectivity index (χ4n) is 5.53. The van der Waals surface area contributed by atoms with Gasteiger partial charge in [0.1, 0.15) is 27.5 Å². The van der Waals surface area contributed by atoms with Gasteiger partial charge < -0.3 is 9.64 Å². The summed E-state index contributed by atoms with van der Waals surface area (Å²) in [5.74, 6) is 2.32. The van der Waals surface area contributed by atoms with Crippen molar-refractivity contribution in [1.82, 2.24) is 9.47 Å². The van der Waals surface area contributed by atoms with Crippen molar-refractivity contribution in [2.75, 3.05) is 25.1 Å². The standard InChI is InChI=1S/C30H36N4O3S2/c1-6-7-12-33-27(32-16-19(2)13-20(3)17-32)24(21(4)25(15-31)28(33)35)14-26-29(36)34(30(38)39-26)18-22-8-10-23(37-5)11-9-22/h8-11,14,19-20H,6-7,12-13,16-18H2,1-5H3/b26-14+. The maximum Gasteiger partial charge on any atom is 0.270 e. The molecule has 7 nitrogen and oxygen atoms in total. The number of benzene rings is 1. The molecule has 2 aliphatic rings. The Hall–Kier alpha value is -3.09. The largest absolute Gasteiger partial charge is 0.497 e. The van der Waals surface area contributed by atoms with Gasteiger partial charge in [0.2, 0.25) is 0 Å². The summed E-state index contributed by atoms with van der Waals surface area (Å²) in [6.07, 6.45) is 4.73. The molecule has 2 aromatic rings. The number of aromatic nitrogens is 1. The fraction of sp³-hybridized carbons (Fsp3) is 0.467. The molecule has 2 aliphatic heterocycles. The summed E-state index contributed by atoms with van der Waals surface area (Å²) in [6.45, 7) is 10.9. The summed E-state index contributed by atoms with van der Waals surface area (Å²) in [7, 11) is 1.62. The van der Waals surface area contributed by atoms with Crippen LogP contribution in [0.1, 0.15) is 62.3 Å². The highest BCUT2D eigenvalue weighted by Gasteiger charge is 2.34. The Kier molecular flexibility index (Phi) is 9.19. The summed E-state index contributed by atoms with van der Waals surface area (Å²) < 4.78 is 7.50. The molecule has 39 heavy (non-hydrogen) atoms. The zero-order valence-electron chi connectivity index (χ0n) is 23.3. The zero-order valence-corrected chi connectivity index (χ0v) is 25.0. The average molecular weight is 565 g/mol. The van der Waals surface area contributed by atoms with E-state index in [0.717, 1.165) is 55.0 Å². The van der Waals surface area contributed by atoms with Crippen LogP contribution in [0.2, 0.25) is 0 Å². The molecule has 1 aromatic carbocycles. The molecule has 0 saturated carbocycles. The van der Waals surface area contributed by atoms with Crippen LogP contribution in [0, 0.1) is 30.1 Å². The molecule has 3 heterocycles. The highest BCUT2D eigenvalue weighted by molar-refractivity contribution is 8.26. The number of unbranched alkanes of at least 4 members (excludes halogenated alkanes) is 1. The Morgan fingerprint density at radius 1 is 1.18 bits per heavy atom. The molecule has 2 saturated heterocycles. The number of hydrogen-bond donors (Lipinski definition) is 0. The van der Waals surface area contributed by atoms with Crippen molar-refractivity contribution in [3.63, 3.8) is 0 Å². The van der Waals surface area contributed by atoms with Crippen LogP contribution in [0.5, 0.6) is 5.75 Å². The minimum Gasteiger partial charge on any atom is -0.497 e. The van der Waals surface area contributed by atoms with Crippen molar-refractivity contribution in [1.29, 1.82) is 5.26 Å². The van der Waals surface area contributed by atoms with Crippen molar-refractivity contribution < 1.29 is 9.53 Å². The average Bonchev–Trinajstić information content (AvgIpc) is 3.16. The van der Waals surface area contributed by atoms with E-state index in [4.69, 9.17) is 17.0 Å². The summed E-state index contributed by atoms with van der Waals surface area (Å²) in [6, 6.07) is 9.71. The lowest BCUT2D eigenvalue weighted by Gasteiger charge is -2.39. The number of pyridine rings is 1. The number of amides is 1. The third-order valence-corrected chi connectivity index (χ3v) is 8.78. The molecule has 1 amide bonds. The molecule has 9 heteroatoms. The number of ether oxygens (including phenoxy) is 1. The monoisotopic (exact) mass is 564 g/mol. The number of carbonyl (C=O) groups is 1. The first kappa shape index (κ1) is 28.9. The smallest absolute Gasteiger partial charge is 0.270 e. The van der Waals surface area contributed by atoms with Gasteiger partial charge in [-0.3, -0.25) is 19.1 Å². The van der Waals surface area contributed by atoms with Crippen molar-refractivity contribution >= 4 is 46.1 Å². The number of nitrogens with zero attached hydrogens (tertiary/aromatic N) is 4. The number of hydrogen-bond acceptors (Lipinski definition) is 7. The van der Waals surface area contributed by atoms with Crippen LogP contribution in [-0.4, -0.2) is 39.9 Å². The third kappa shape index (κ3) is 6.07. The van der Waals surface area contributed by atoms with Gasteiger partial charge in [0.05, 0.1) is 18.6 Å². The Balaban J connectivity index is 1.81. The second kappa shape index (κ2) is 12.4. The van der Waals surface area contributed by atoms with Gasteiger partial charge in [-0.1, -0.05) is 63.3 Å².